The van der Waals surface area contributed by atoms with Crippen LogP contribution in [0.1, 0.15) is 28.4 Å². The van der Waals surface area contributed by atoms with E-state index >= 15 is 0 Å². The van der Waals surface area contributed by atoms with Crippen LogP contribution in [0.3, 0.4) is 0 Å². The number of benzene rings is 4. The van der Waals surface area contributed by atoms with E-state index < -0.39 is 17.4 Å². The van der Waals surface area contributed by atoms with E-state index in [9.17, 15) is 14.7 Å². The van der Waals surface area contributed by atoms with Gasteiger partial charge in [-0.05, 0) is 54.1 Å². The number of aromatic hydroxyl groups is 1. The van der Waals surface area contributed by atoms with Gasteiger partial charge in [-0.25, -0.2) is 0 Å². The highest BCUT2D eigenvalue weighted by atomic mass is 35.5. The lowest BCUT2D eigenvalue weighted by atomic mass is 9.94. The van der Waals surface area contributed by atoms with Crippen LogP contribution in [-0.4, -0.2) is 15.5 Å². The predicted molar refractivity (Wildman–Crippen MR) is 149 cm³/mol. The zero-order valence-electron chi connectivity index (χ0n) is 20.2. The molecule has 0 fully saturated rings. The molecule has 184 valence electrons. The van der Waals surface area contributed by atoms with Crippen LogP contribution >= 0.6 is 11.6 Å². The lowest BCUT2D eigenvalue weighted by Gasteiger charge is -2.34. The second-order valence-electron chi connectivity index (χ2n) is 8.84. The first-order chi connectivity index (χ1) is 18.0. The third-order valence-corrected chi connectivity index (χ3v) is 6.82. The summed E-state index contributed by atoms with van der Waals surface area (Å²) in [5.41, 5.74) is 2.45. The molecular formula is C31H25ClN2O3. The maximum Gasteiger partial charge on any atom is 0.265 e. The smallest absolute Gasteiger partial charge is 0.265 e. The monoisotopic (exact) mass is 508 g/mol. The molecule has 0 spiro atoms. The number of nitrogens with zero attached hydrogens (tertiary/aromatic N) is 2. The molecule has 0 aliphatic rings. The van der Waals surface area contributed by atoms with E-state index in [1.165, 1.54) is 4.57 Å². The van der Waals surface area contributed by atoms with Gasteiger partial charge in [0.25, 0.3) is 5.56 Å². The average molecular weight is 509 g/mol. The second-order valence-corrected chi connectivity index (χ2v) is 9.28. The fraction of sp³-hybridized carbons (Fsp3) is 0.0968. The Hall–Kier alpha value is -4.35. The summed E-state index contributed by atoms with van der Waals surface area (Å²) < 4.78 is 1.41. The minimum absolute atomic E-state index is 0.0490. The Kier molecular flexibility index (Phi) is 6.80. The van der Waals surface area contributed by atoms with Gasteiger partial charge in [0.1, 0.15) is 11.3 Å². The number of hydrogen-bond acceptors (Lipinski definition) is 4. The third-order valence-electron chi connectivity index (χ3n) is 6.57. The summed E-state index contributed by atoms with van der Waals surface area (Å²) >= 11 is 6.19. The van der Waals surface area contributed by atoms with Crippen molar-refractivity contribution >= 4 is 39.7 Å². The summed E-state index contributed by atoms with van der Waals surface area (Å²) in [4.78, 5) is 29.2. The molecule has 5 nitrogen and oxygen atoms in total. The minimum Gasteiger partial charge on any atom is -0.506 e. The number of aryl methyl sites for hydroxylation is 1. The lowest BCUT2D eigenvalue weighted by Crippen LogP contribution is -2.30. The Labute approximate surface area is 219 Å². The largest absolute Gasteiger partial charge is 0.506 e. The van der Waals surface area contributed by atoms with E-state index in [0.717, 1.165) is 16.9 Å². The van der Waals surface area contributed by atoms with Crippen LogP contribution in [0.15, 0.2) is 114 Å². The van der Waals surface area contributed by atoms with Crippen molar-refractivity contribution in [1.29, 1.82) is 0 Å². The molecule has 6 heteroatoms. The minimum atomic E-state index is -0.526. The van der Waals surface area contributed by atoms with Gasteiger partial charge >= 0.3 is 0 Å². The number of para-hydroxylation sites is 3. The first kappa shape index (κ1) is 24.3. The number of hydrogen-bond donors (Lipinski definition) is 1. The molecule has 0 radical (unpaired) electrons. The Balaban J connectivity index is 1.67. The van der Waals surface area contributed by atoms with Gasteiger partial charge in [0.15, 0.2) is 5.78 Å². The summed E-state index contributed by atoms with van der Waals surface area (Å²) in [7, 11) is 1.61. The third kappa shape index (κ3) is 4.74. The van der Waals surface area contributed by atoms with Crippen LogP contribution in [0.4, 0.5) is 11.4 Å². The number of aromatic nitrogens is 1. The van der Waals surface area contributed by atoms with E-state index in [1.54, 1.807) is 43.4 Å². The number of anilines is 2. The topological polar surface area (TPSA) is 62.5 Å². The number of halogens is 1. The average Bonchev–Trinajstić information content (AvgIpc) is 2.93. The van der Waals surface area contributed by atoms with Crippen molar-refractivity contribution in [3.8, 4) is 5.75 Å². The maximum absolute atomic E-state index is 13.9. The van der Waals surface area contributed by atoms with Crippen LogP contribution in [-0.2, 0) is 7.05 Å². The van der Waals surface area contributed by atoms with Crippen molar-refractivity contribution in [3.63, 3.8) is 0 Å². The quantitative estimate of drug-likeness (QED) is 0.239. The zero-order chi connectivity index (χ0) is 25.9. The van der Waals surface area contributed by atoms with Crippen molar-refractivity contribution < 1.29 is 9.90 Å². The number of ketones is 1. The molecule has 1 aromatic heterocycles. The number of pyridine rings is 1. The van der Waals surface area contributed by atoms with Gasteiger partial charge in [-0.3, -0.25) is 9.59 Å². The van der Waals surface area contributed by atoms with E-state index in [-0.39, 0.29) is 17.7 Å². The van der Waals surface area contributed by atoms with Crippen LogP contribution in [0.2, 0.25) is 5.02 Å². The molecule has 5 rings (SSSR count). The summed E-state index contributed by atoms with van der Waals surface area (Å²) in [6.07, 6.45) is -0.0490. The highest BCUT2D eigenvalue weighted by molar-refractivity contribution is 6.30. The molecule has 0 amide bonds. The molecular weight excluding hydrogens is 484 g/mol. The molecule has 1 atom stereocenters. The van der Waals surface area contributed by atoms with Crippen LogP contribution < -0.4 is 10.5 Å². The zero-order valence-corrected chi connectivity index (χ0v) is 21.0. The number of rotatable bonds is 7. The van der Waals surface area contributed by atoms with Crippen molar-refractivity contribution in [3.05, 3.63) is 136 Å². The van der Waals surface area contributed by atoms with Gasteiger partial charge in [0, 0.05) is 35.3 Å². The summed E-state index contributed by atoms with van der Waals surface area (Å²) in [5.74, 6) is -0.731. The number of carbonyl (C=O) groups excluding carboxylic acids is 1. The first-order valence-corrected chi connectivity index (χ1v) is 12.3. The SMILES string of the molecule is Cn1c(=O)c(C(=O)C[C@@H](c2ccc(Cl)cc2)N(c2ccccc2)c2ccccc2)c(O)c2ccccc21. The van der Waals surface area contributed by atoms with Crippen molar-refractivity contribution in [1.82, 2.24) is 4.57 Å². The highest BCUT2D eigenvalue weighted by Crippen LogP contribution is 2.38. The Morgan fingerprint density at radius 1 is 0.838 bits per heavy atom. The van der Waals surface area contributed by atoms with Crippen LogP contribution in [0, 0.1) is 0 Å². The van der Waals surface area contributed by atoms with E-state index in [4.69, 9.17) is 11.6 Å². The predicted octanol–water partition coefficient (Wildman–Crippen LogP) is 7.05. The molecule has 4 aromatic carbocycles. The first-order valence-electron chi connectivity index (χ1n) is 11.9. The van der Waals surface area contributed by atoms with E-state index in [0.29, 0.717) is 15.9 Å². The number of Topliss-reactive ketones (excluding diaryl/α,β-unsaturated/α-hetero) is 1. The molecule has 0 aliphatic carbocycles. The van der Waals surface area contributed by atoms with E-state index in [2.05, 4.69) is 4.90 Å². The Morgan fingerprint density at radius 2 is 1.38 bits per heavy atom. The molecule has 1 N–H and O–H groups in total. The summed E-state index contributed by atoms with van der Waals surface area (Å²) in [6.45, 7) is 0. The maximum atomic E-state index is 13.9. The summed E-state index contributed by atoms with van der Waals surface area (Å²) in [5, 5.41) is 12.1. The molecule has 0 saturated heterocycles. The van der Waals surface area contributed by atoms with Crippen molar-refractivity contribution in [2.75, 3.05) is 4.90 Å². The Bertz CT molecular complexity index is 1580. The lowest BCUT2D eigenvalue weighted by molar-refractivity contribution is 0.0969. The standard InChI is InChI=1S/C31H25ClN2O3/c1-33-26-15-9-8-14-25(26)30(36)29(31(33)37)28(35)20-27(21-16-18-22(32)19-17-21)34(23-10-4-2-5-11-23)24-12-6-3-7-13-24/h2-19,27,36H,20H2,1H3/t27-/m0/s1. The molecule has 0 saturated carbocycles. The van der Waals surface area contributed by atoms with Gasteiger partial charge in [-0.15, -0.1) is 0 Å². The Morgan fingerprint density at radius 3 is 1.97 bits per heavy atom. The second kappa shape index (κ2) is 10.3. The number of carbonyl (C=O) groups is 1. The van der Waals surface area contributed by atoms with Crippen molar-refractivity contribution in [2.24, 2.45) is 7.05 Å². The fourth-order valence-corrected chi connectivity index (χ4v) is 4.86. The molecule has 0 aliphatic heterocycles. The van der Waals surface area contributed by atoms with Gasteiger partial charge in [0.05, 0.1) is 11.6 Å². The molecule has 37 heavy (non-hydrogen) atoms. The normalized spacial score (nSPS) is 11.8. The van der Waals surface area contributed by atoms with Gasteiger partial charge in [-0.2, -0.15) is 0 Å². The highest BCUT2D eigenvalue weighted by Gasteiger charge is 2.29. The van der Waals surface area contributed by atoms with E-state index in [1.807, 2.05) is 72.8 Å². The van der Waals surface area contributed by atoms with Crippen molar-refractivity contribution in [2.45, 2.75) is 12.5 Å². The molecule has 5 aromatic rings. The molecule has 0 unspecified atom stereocenters. The van der Waals surface area contributed by atoms with Gasteiger partial charge < -0.3 is 14.6 Å². The van der Waals surface area contributed by atoms with Crippen LogP contribution in [0.5, 0.6) is 5.75 Å². The van der Waals surface area contributed by atoms with Gasteiger partial charge in [-0.1, -0.05) is 72.3 Å². The molecule has 1 heterocycles. The summed E-state index contributed by atoms with van der Waals surface area (Å²) in [6, 6.07) is 33.4. The number of fused-ring (bicyclic) bond motifs is 1. The molecule has 0 bridgehead atoms. The van der Waals surface area contributed by atoms with Gasteiger partial charge in [0.2, 0.25) is 0 Å². The van der Waals surface area contributed by atoms with Crippen LogP contribution in [0.25, 0.3) is 10.9 Å². The fourth-order valence-electron chi connectivity index (χ4n) is 4.74.